The summed E-state index contributed by atoms with van der Waals surface area (Å²) >= 11 is 0. The van der Waals surface area contributed by atoms with E-state index in [2.05, 4.69) is 5.16 Å². The van der Waals surface area contributed by atoms with Crippen LogP contribution in [-0.2, 0) is 25.7 Å². The van der Waals surface area contributed by atoms with Gasteiger partial charge in [0.05, 0.1) is 5.71 Å². The number of benzene rings is 2. The molecule has 2 aliphatic rings. The minimum atomic E-state index is -3.94. The summed E-state index contributed by atoms with van der Waals surface area (Å²) < 4.78 is 34.9. The summed E-state index contributed by atoms with van der Waals surface area (Å²) in [5.41, 5.74) is 2.57. The quantitative estimate of drug-likeness (QED) is 0.699. The minimum absolute atomic E-state index is 0.00232. The Balaban J connectivity index is 1.34. The number of oxime groups is 1. The molecule has 1 amide bonds. The molecule has 2 atom stereocenters. The van der Waals surface area contributed by atoms with Crippen LogP contribution in [0, 0.1) is 12.8 Å². The van der Waals surface area contributed by atoms with E-state index in [9.17, 15) is 13.2 Å². The first-order valence-corrected chi connectivity index (χ1v) is 10.9. The number of amides is 1. The van der Waals surface area contributed by atoms with Crippen molar-refractivity contribution >= 4 is 21.9 Å². The van der Waals surface area contributed by atoms with Crippen LogP contribution < -0.4 is 0 Å². The van der Waals surface area contributed by atoms with Gasteiger partial charge in [-0.25, -0.2) is 4.79 Å². The molecule has 8 heteroatoms. The molecule has 152 valence electrons. The van der Waals surface area contributed by atoms with Crippen molar-refractivity contribution < 1.29 is 22.2 Å². The van der Waals surface area contributed by atoms with Crippen molar-refractivity contribution in [2.45, 2.75) is 37.3 Å². The van der Waals surface area contributed by atoms with E-state index in [4.69, 9.17) is 9.02 Å². The Morgan fingerprint density at radius 3 is 2.52 bits per heavy atom. The number of piperidine rings is 1. The Morgan fingerprint density at radius 2 is 1.86 bits per heavy atom. The highest BCUT2D eigenvalue weighted by molar-refractivity contribution is 7.86. The summed E-state index contributed by atoms with van der Waals surface area (Å²) in [5, 5.41) is 3.91. The molecule has 0 N–H and O–H groups in total. The maximum absolute atomic E-state index is 12.4. The van der Waals surface area contributed by atoms with Gasteiger partial charge in [-0.2, -0.15) is 8.42 Å². The number of carbonyl (C=O) groups is 1. The van der Waals surface area contributed by atoms with Gasteiger partial charge in [-0.05, 0) is 31.0 Å². The van der Waals surface area contributed by atoms with Crippen LogP contribution in [0.2, 0.25) is 0 Å². The van der Waals surface area contributed by atoms with Crippen LogP contribution in [0.15, 0.2) is 64.6 Å². The average molecular weight is 414 g/mol. The van der Waals surface area contributed by atoms with E-state index in [1.54, 1.807) is 17.0 Å². The van der Waals surface area contributed by atoms with E-state index in [-0.39, 0.29) is 29.6 Å². The second-order valence-electron chi connectivity index (χ2n) is 7.41. The Labute approximate surface area is 170 Å². The number of fused-ring (bicyclic) bond motifs is 2. The van der Waals surface area contributed by atoms with Crippen LogP contribution in [-0.4, -0.2) is 37.7 Å². The first-order chi connectivity index (χ1) is 13.9. The monoisotopic (exact) mass is 414 g/mol. The molecule has 0 radical (unpaired) electrons. The average Bonchev–Trinajstić information content (AvgIpc) is 3.32. The number of hydrogen-bond acceptors (Lipinski definition) is 6. The Morgan fingerprint density at radius 1 is 1.14 bits per heavy atom. The molecule has 2 unspecified atom stereocenters. The van der Waals surface area contributed by atoms with Crippen LogP contribution in [0.3, 0.4) is 0 Å². The molecule has 2 aromatic rings. The lowest BCUT2D eigenvalue weighted by atomic mass is 10.1. The number of nitrogens with zero attached hydrogens (tertiary/aromatic N) is 2. The molecule has 1 aliphatic heterocycles. The second-order valence-corrected chi connectivity index (χ2v) is 8.94. The normalized spacial score (nSPS) is 22.1. The maximum atomic E-state index is 12.4. The lowest BCUT2D eigenvalue weighted by Crippen LogP contribution is -2.40. The maximum Gasteiger partial charge on any atom is 0.410 e. The topological polar surface area (TPSA) is 85.3 Å². The van der Waals surface area contributed by atoms with E-state index in [0.29, 0.717) is 18.7 Å². The predicted molar refractivity (Wildman–Crippen MR) is 107 cm³/mol. The highest BCUT2D eigenvalue weighted by Gasteiger charge is 2.45. The van der Waals surface area contributed by atoms with E-state index < -0.39 is 10.1 Å². The zero-order chi connectivity index (χ0) is 20.4. The van der Waals surface area contributed by atoms with Gasteiger partial charge in [0, 0.05) is 24.9 Å². The molecule has 29 heavy (non-hydrogen) atoms. The molecular formula is C21H22N2O5S. The zero-order valence-electron chi connectivity index (χ0n) is 16.0. The molecule has 2 aromatic carbocycles. The smallest absolute Gasteiger partial charge is 0.410 e. The van der Waals surface area contributed by atoms with E-state index in [1.807, 2.05) is 37.3 Å². The number of aryl methyl sites for hydroxylation is 1. The lowest BCUT2D eigenvalue weighted by molar-refractivity contribution is 0.0909. The summed E-state index contributed by atoms with van der Waals surface area (Å²) in [7, 11) is -3.94. The minimum Gasteiger partial charge on any atom is -0.445 e. The SMILES string of the molecule is Cc1ccc(S(=O)(=O)O/N=C2/CC3CC2CN3C(=O)OCc2ccccc2)cc1. The van der Waals surface area contributed by atoms with Crippen molar-refractivity contribution in [3.8, 4) is 0 Å². The molecule has 4 rings (SSSR count). The van der Waals surface area contributed by atoms with Crippen molar-refractivity contribution in [2.75, 3.05) is 6.54 Å². The molecule has 2 bridgehead atoms. The fraction of sp³-hybridized carbons (Fsp3) is 0.333. The third-order valence-electron chi connectivity index (χ3n) is 5.33. The van der Waals surface area contributed by atoms with Crippen molar-refractivity contribution in [3.63, 3.8) is 0 Å². The van der Waals surface area contributed by atoms with Crippen LogP contribution in [0.5, 0.6) is 0 Å². The standard InChI is InChI=1S/C21H22N2O5S/c1-15-7-9-19(10-8-15)29(25,26)28-22-20-12-18-11-17(20)13-23(18)21(24)27-14-16-5-3-2-4-6-16/h2-10,17-18H,11-14H2,1H3/b22-20-. The molecule has 0 spiro atoms. The highest BCUT2D eigenvalue weighted by atomic mass is 32.2. The van der Waals surface area contributed by atoms with Crippen molar-refractivity contribution in [3.05, 3.63) is 65.7 Å². The summed E-state index contributed by atoms with van der Waals surface area (Å²) in [6, 6.07) is 15.9. The second kappa shape index (κ2) is 7.87. The lowest BCUT2D eigenvalue weighted by Gasteiger charge is -2.26. The molecule has 1 saturated heterocycles. The molecule has 7 nitrogen and oxygen atoms in total. The van der Waals surface area contributed by atoms with Crippen molar-refractivity contribution in [1.82, 2.24) is 4.90 Å². The molecule has 2 fully saturated rings. The van der Waals surface area contributed by atoms with Crippen LogP contribution in [0.1, 0.15) is 24.0 Å². The summed E-state index contributed by atoms with van der Waals surface area (Å²) in [4.78, 5) is 14.1. The predicted octanol–water partition coefficient (Wildman–Crippen LogP) is 3.49. The number of ether oxygens (including phenoxy) is 1. The first-order valence-electron chi connectivity index (χ1n) is 9.47. The first kappa shape index (κ1) is 19.4. The number of carbonyl (C=O) groups excluding carboxylic acids is 1. The van der Waals surface area contributed by atoms with Crippen molar-refractivity contribution in [2.24, 2.45) is 11.1 Å². The largest absolute Gasteiger partial charge is 0.445 e. The van der Waals surface area contributed by atoms with Crippen molar-refractivity contribution in [1.29, 1.82) is 0 Å². The van der Waals surface area contributed by atoms with Gasteiger partial charge in [-0.3, -0.25) is 4.28 Å². The summed E-state index contributed by atoms with van der Waals surface area (Å²) in [6.07, 6.45) is 0.885. The Kier molecular flexibility index (Phi) is 5.27. The van der Waals surface area contributed by atoms with Crippen LogP contribution in [0.4, 0.5) is 4.79 Å². The summed E-state index contributed by atoms with van der Waals surface area (Å²) in [5.74, 6) is -0.00232. The van der Waals surface area contributed by atoms with Gasteiger partial charge in [0.2, 0.25) is 0 Å². The van der Waals surface area contributed by atoms with Gasteiger partial charge in [-0.1, -0.05) is 53.2 Å². The fourth-order valence-corrected chi connectivity index (χ4v) is 4.49. The Hall–Kier alpha value is -2.87. The number of likely N-dealkylation sites (tertiary alicyclic amines) is 1. The Bertz CT molecular complexity index is 1020. The van der Waals surface area contributed by atoms with Crippen LogP contribution >= 0.6 is 0 Å². The molecule has 1 saturated carbocycles. The van der Waals surface area contributed by atoms with E-state index in [1.165, 1.54) is 12.1 Å². The van der Waals surface area contributed by atoms with Gasteiger partial charge in [-0.15, -0.1) is 0 Å². The molecule has 1 aliphatic carbocycles. The van der Waals surface area contributed by atoms with Gasteiger partial charge in [0.1, 0.15) is 11.5 Å². The molecule has 1 heterocycles. The molecule has 0 aromatic heterocycles. The molecular weight excluding hydrogens is 392 g/mol. The van der Waals surface area contributed by atoms with E-state index in [0.717, 1.165) is 17.5 Å². The van der Waals surface area contributed by atoms with Gasteiger partial charge < -0.3 is 9.64 Å². The zero-order valence-corrected chi connectivity index (χ0v) is 16.8. The number of rotatable bonds is 5. The van der Waals surface area contributed by atoms with Crippen LogP contribution in [0.25, 0.3) is 0 Å². The van der Waals surface area contributed by atoms with Gasteiger partial charge in [0.15, 0.2) is 0 Å². The third-order valence-corrected chi connectivity index (χ3v) is 6.45. The fourth-order valence-electron chi connectivity index (χ4n) is 3.74. The van der Waals surface area contributed by atoms with E-state index >= 15 is 0 Å². The highest BCUT2D eigenvalue weighted by Crippen LogP contribution is 2.36. The van der Waals surface area contributed by atoms with Gasteiger partial charge >= 0.3 is 16.2 Å². The number of hydrogen-bond donors (Lipinski definition) is 0. The third kappa shape index (κ3) is 4.27. The van der Waals surface area contributed by atoms with Gasteiger partial charge in [0.25, 0.3) is 0 Å². The summed E-state index contributed by atoms with van der Waals surface area (Å²) in [6.45, 7) is 2.57.